The lowest BCUT2D eigenvalue weighted by molar-refractivity contribution is -0.138. The first kappa shape index (κ1) is 24.0. The number of hydrogen-bond acceptors (Lipinski definition) is 4. The largest absolute Gasteiger partial charge is 0.481 e. The smallest absolute Gasteiger partial charge is 0.407 e. The molecule has 3 aromatic rings. The molecular weight excluding hydrogens is 444 g/mol. The summed E-state index contributed by atoms with van der Waals surface area (Å²) in [7, 11) is 0. The molecular formula is C28H28N2O5. The highest BCUT2D eigenvalue weighted by Gasteiger charge is 2.29. The molecule has 0 bridgehead atoms. The maximum atomic E-state index is 12.4. The molecule has 2 unspecified atom stereocenters. The van der Waals surface area contributed by atoms with E-state index >= 15 is 0 Å². The predicted octanol–water partition coefficient (Wildman–Crippen LogP) is 4.29. The Morgan fingerprint density at radius 2 is 1.46 bits per heavy atom. The summed E-state index contributed by atoms with van der Waals surface area (Å²) in [5, 5.41) is 14.8. The zero-order valence-electron chi connectivity index (χ0n) is 19.4. The average molecular weight is 473 g/mol. The number of hydrogen-bond donors (Lipinski definition) is 3. The fraction of sp³-hybridized carbons (Fsp3) is 0.250. The van der Waals surface area contributed by atoms with Crippen LogP contribution >= 0.6 is 0 Å². The van der Waals surface area contributed by atoms with Crippen LogP contribution in [0.1, 0.15) is 41.9 Å². The summed E-state index contributed by atoms with van der Waals surface area (Å²) in [6, 6.07) is 24.5. The molecule has 1 aliphatic carbocycles. The van der Waals surface area contributed by atoms with Crippen molar-refractivity contribution in [3.05, 3.63) is 95.6 Å². The molecule has 0 radical (unpaired) electrons. The van der Waals surface area contributed by atoms with Crippen molar-refractivity contribution in [2.75, 3.05) is 13.2 Å². The maximum absolute atomic E-state index is 12.4. The molecule has 7 heteroatoms. The number of carbonyl (C=O) groups is 3. The number of aliphatic carboxylic acids is 1. The van der Waals surface area contributed by atoms with E-state index in [1.165, 1.54) is 0 Å². The SMILES string of the molecule is CC(CC(=O)NCC(C(=O)O)c1ccccc1)NC(=O)OCC1c2ccccc2-c2ccccc21. The van der Waals surface area contributed by atoms with Gasteiger partial charge in [0.25, 0.3) is 0 Å². The van der Waals surface area contributed by atoms with E-state index in [0.29, 0.717) is 5.56 Å². The Balaban J connectivity index is 1.26. The number of fused-ring (bicyclic) bond motifs is 3. The second kappa shape index (κ2) is 10.9. The molecule has 180 valence electrons. The number of carbonyl (C=O) groups excluding carboxylic acids is 2. The minimum Gasteiger partial charge on any atom is -0.481 e. The summed E-state index contributed by atoms with van der Waals surface area (Å²) >= 11 is 0. The lowest BCUT2D eigenvalue weighted by Gasteiger charge is -2.18. The number of amides is 2. The molecule has 7 nitrogen and oxygen atoms in total. The third-order valence-electron chi connectivity index (χ3n) is 6.20. The summed E-state index contributed by atoms with van der Waals surface area (Å²) in [4.78, 5) is 36.3. The van der Waals surface area contributed by atoms with E-state index in [9.17, 15) is 19.5 Å². The number of nitrogens with one attached hydrogen (secondary N) is 2. The highest BCUT2D eigenvalue weighted by Crippen LogP contribution is 2.44. The van der Waals surface area contributed by atoms with E-state index in [1.807, 2.05) is 36.4 Å². The van der Waals surface area contributed by atoms with E-state index < -0.39 is 24.0 Å². The molecule has 3 N–H and O–H groups in total. The Labute approximate surface area is 204 Å². The monoisotopic (exact) mass is 472 g/mol. The van der Waals surface area contributed by atoms with Crippen molar-refractivity contribution in [3.63, 3.8) is 0 Å². The van der Waals surface area contributed by atoms with Gasteiger partial charge in [-0.3, -0.25) is 9.59 Å². The van der Waals surface area contributed by atoms with Crippen molar-refractivity contribution in [3.8, 4) is 11.1 Å². The van der Waals surface area contributed by atoms with Crippen LogP contribution in [0.15, 0.2) is 78.9 Å². The van der Waals surface area contributed by atoms with Gasteiger partial charge in [-0.2, -0.15) is 0 Å². The molecule has 0 saturated carbocycles. The number of ether oxygens (including phenoxy) is 1. The molecule has 4 rings (SSSR count). The van der Waals surface area contributed by atoms with Gasteiger partial charge in [-0.25, -0.2) is 4.79 Å². The molecule has 2 amide bonds. The number of alkyl carbamates (subject to hydrolysis) is 1. The fourth-order valence-electron chi connectivity index (χ4n) is 4.49. The molecule has 0 saturated heterocycles. The van der Waals surface area contributed by atoms with Gasteiger partial charge in [0.2, 0.25) is 5.91 Å². The van der Waals surface area contributed by atoms with Crippen molar-refractivity contribution < 1.29 is 24.2 Å². The van der Waals surface area contributed by atoms with Crippen molar-refractivity contribution in [2.45, 2.75) is 31.2 Å². The molecule has 3 aromatic carbocycles. The van der Waals surface area contributed by atoms with Crippen LogP contribution in [0.3, 0.4) is 0 Å². The van der Waals surface area contributed by atoms with E-state index in [-0.39, 0.29) is 31.4 Å². The maximum Gasteiger partial charge on any atom is 0.407 e. The Kier molecular flexibility index (Phi) is 7.45. The fourth-order valence-corrected chi connectivity index (χ4v) is 4.49. The van der Waals surface area contributed by atoms with Gasteiger partial charge in [0.15, 0.2) is 0 Å². The van der Waals surface area contributed by atoms with Crippen molar-refractivity contribution in [1.29, 1.82) is 0 Å². The van der Waals surface area contributed by atoms with Crippen LogP contribution in [-0.2, 0) is 14.3 Å². The van der Waals surface area contributed by atoms with Crippen molar-refractivity contribution in [1.82, 2.24) is 10.6 Å². The molecule has 35 heavy (non-hydrogen) atoms. The van der Waals surface area contributed by atoms with Gasteiger partial charge in [0.1, 0.15) is 6.61 Å². The predicted molar refractivity (Wildman–Crippen MR) is 132 cm³/mol. The van der Waals surface area contributed by atoms with Gasteiger partial charge in [-0.05, 0) is 34.7 Å². The van der Waals surface area contributed by atoms with Gasteiger partial charge in [-0.1, -0.05) is 78.9 Å². The average Bonchev–Trinajstić information content (AvgIpc) is 3.17. The van der Waals surface area contributed by atoms with Gasteiger partial charge in [0.05, 0.1) is 5.92 Å². The van der Waals surface area contributed by atoms with Crippen LogP contribution < -0.4 is 10.6 Å². The molecule has 0 heterocycles. The quantitative estimate of drug-likeness (QED) is 0.431. The van der Waals surface area contributed by atoms with Gasteiger partial charge in [-0.15, -0.1) is 0 Å². The normalized spacial score (nSPS) is 13.7. The molecule has 0 spiro atoms. The van der Waals surface area contributed by atoms with Gasteiger partial charge >= 0.3 is 12.1 Å². The Morgan fingerprint density at radius 3 is 2.06 bits per heavy atom. The minimum atomic E-state index is -1.01. The second-order valence-electron chi connectivity index (χ2n) is 8.68. The summed E-state index contributed by atoms with van der Waals surface area (Å²) in [6.45, 7) is 1.86. The third-order valence-corrected chi connectivity index (χ3v) is 6.20. The van der Waals surface area contributed by atoms with Crippen molar-refractivity contribution >= 4 is 18.0 Å². The Morgan fingerprint density at radius 1 is 0.886 bits per heavy atom. The highest BCUT2D eigenvalue weighted by molar-refractivity contribution is 5.81. The number of carboxylic acid groups (broad SMARTS) is 1. The molecule has 1 aliphatic rings. The third kappa shape index (κ3) is 5.69. The number of carboxylic acids is 1. The van der Waals surface area contributed by atoms with E-state index in [1.54, 1.807) is 37.3 Å². The Hall–Kier alpha value is -4.13. The second-order valence-corrected chi connectivity index (χ2v) is 8.68. The zero-order chi connectivity index (χ0) is 24.8. The number of rotatable bonds is 9. The zero-order valence-corrected chi connectivity index (χ0v) is 19.4. The summed E-state index contributed by atoms with van der Waals surface area (Å²) in [5.74, 6) is -2.25. The first-order valence-electron chi connectivity index (χ1n) is 11.6. The van der Waals surface area contributed by atoms with Crippen LogP contribution in [0.25, 0.3) is 11.1 Å². The first-order valence-corrected chi connectivity index (χ1v) is 11.6. The lowest BCUT2D eigenvalue weighted by Crippen LogP contribution is -2.39. The molecule has 0 aromatic heterocycles. The van der Waals surface area contributed by atoms with Crippen LogP contribution in [-0.4, -0.2) is 42.3 Å². The van der Waals surface area contributed by atoms with E-state index in [4.69, 9.17) is 4.74 Å². The highest BCUT2D eigenvalue weighted by atomic mass is 16.5. The summed E-state index contributed by atoms with van der Waals surface area (Å²) < 4.78 is 5.52. The molecule has 2 atom stereocenters. The van der Waals surface area contributed by atoms with Crippen LogP contribution in [0.5, 0.6) is 0 Å². The minimum absolute atomic E-state index is 0.00528. The molecule has 0 aliphatic heterocycles. The van der Waals surface area contributed by atoms with Crippen molar-refractivity contribution in [2.24, 2.45) is 0 Å². The van der Waals surface area contributed by atoms with Gasteiger partial charge < -0.3 is 20.5 Å². The standard InChI is InChI=1S/C28H28N2O5/c1-18(15-26(31)29-16-24(27(32)33)19-9-3-2-4-10-19)30-28(34)35-17-25-22-13-7-5-11-20(22)21-12-6-8-14-23(21)25/h2-14,18,24-25H,15-17H2,1H3,(H,29,31)(H,30,34)(H,32,33). The van der Waals surface area contributed by atoms with Gasteiger partial charge in [0, 0.05) is 24.9 Å². The Bertz CT molecular complexity index is 1170. The first-order chi connectivity index (χ1) is 16.9. The lowest BCUT2D eigenvalue weighted by atomic mass is 9.98. The van der Waals surface area contributed by atoms with Crippen LogP contribution in [0, 0.1) is 0 Å². The number of benzene rings is 3. The van der Waals surface area contributed by atoms with Crippen LogP contribution in [0.4, 0.5) is 4.79 Å². The topological polar surface area (TPSA) is 105 Å². The summed E-state index contributed by atoms with van der Waals surface area (Å²) in [5.41, 5.74) is 5.17. The summed E-state index contributed by atoms with van der Waals surface area (Å²) in [6.07, 6.45) is -0.592. The van der Waals surface area contributed by atoms with E-state index in [0.717, 1.165) is 22.3 Å². The van der Waals surface area contributed by atoms with Crippen LogP contribution in [0.2, 0.25) is 0 Å². The molecule has 0 fully saturated rings. The van der Waals surface area contributed by atoms with E-state index in [2.05, 4.69) is 22.8 Å².